The minimum Gasteiger partial charge on any atom is -0.298 e. The molecule has 1 heterocycles. The second-order valence-electron chi connectivity index (χ2n) is 5.14. The van der Waals surface area contributed by atoms with Crippen LogP contribution in [0.25, 0.3) is 0 Å². The van der Waals surface area contributed by atoms with Gasteiger partial charge in [-0.25, -0.2) is 8.78 Å². The van der Waals surface area contributed by atoms with Crippen LogP contribution in [0.3, 0.4) is 0 Å². The van der Waals surface area contributed by atoms with Crippen LogP contribution in [0, 0.1) is 11.6 Å². The molecule has 1 fully saturated rings. The molecule has 0 N–H and O–H groups in total. The van der Waals surface area contributed by atoms with Gasteiger partial charge in [0, 0.05) is 50.4 Å². The summed E-state index contributed by atoms with van der Waals surface area (Å²) < 4.78 is 26.3. The van der Waals surface area contributed by atoms with Gasteiger partial charge in [-0.3, -0.25) is 9.80 Å². The maximum atomic E-state index is 13.5. The maximum absolute atomic E-state index is 13.5. The van der Waals surface area contributed by atoms with E-state index in [0.717, 1.165) is 32.2 Å². The lowest BCUT2D eigenvalue weighted by Gasteiger charge is -2.36. The molecule has 0 spiro atoms. The minimum atomic E-state index is -0.513. The van der Waals surface area contributed by atoms with Crippen molar-refractivity contribution in [2.75, 3.05) is 26.2 Å². The molecule has 0 radical (unpaired) electrons. The third kappa shape index (κ3) is 4.84. The van der Waals surface area contributed by atoms with Crippen LogP contribution in [-0.2, 0) is 6.54 Å². The third-order valence-corrected chi connectivity index (χ3v) is 3.55. The number of hydrogen-bond donors (Lipinski definition) is 0. The first-order valence-electron chi connectivity index (χ1n) is 7.46. The van der Waals surface area contributed by atoms with Crippen molar-refractivity contribution in [1.29, 1.82) is 0 Å². The molecule has 0 aromatic heterocycles. The number of rotatable bonds is 3. The molecule has 0 bridgehead atoms. The highest BCUT2D eigenvalue weighted by Gasteiger charge is 2.19. The lowest BCUT2D eigenvalue weighted by Crippen LogP contribution is -2.48. The quantitative estimate of drug-likeness (QED) is 0.838. The van der Waals surface area contributed by atoms with Crippen LogP contribution in [0.4, 0.5) is 8.78 Å². The Kier molecular flexibility index (Phi) is 7.10. The van der Waals surface area contributed by atoms with Gasteiger partial charge in [-0.1, -0.05) is 19.9 Å². The highest BCUT2D eigenvalue weighted by atomic mass is 19.1. The topological polar surface area (TPSA) is 6.48 Å². The van der Waals surface area contributed by atoms with Crippen molar-refractivity contribution in [1.82, 2.24) is 9.80 Å². The Bertz CT molecular complexity index is 399. The van der Waals surface area contributed by atoms with E-state index in [1.165, 1.54) is 6.07 Å². The first-order valence-corrected chi connectivity index (χ1v) is 7.46. The summed E-state index contributed by atoms with van der Waals surface area (Å²) in [7, 11) is 0. The molecule has 0 atom stereocenters. The lowest BCUT2D eigenvalue weighted by molar-refractivity contribution is 0.103. The third-order valence-electron chi connectivity index (χ3n) is 3.55. The van der Waals surface area contributed by atoms with Crippen LogP contribution in [0.15, 0.2) is 18.2 Å². The van der Waals surface area contributed by atoms with Gasteiger partial charge in [-0.15, -0.1) is 0 Å². The molecule has 0 amide bonds. The first kappa shape index (κ1) is 17.1. The Labute approximate surface area is 121 Å². The standard InChI is InChI=1S/C14H20F2N2.C2H6/c1-11(2)18-7-5-17(6-8-18)10-12-3-4-13(15)9-14(12)16;1-2/h3-4,9,11H,5-8,10H2,1-2H3;1-2H3. The number of nitrogens with zero attached hydrogens (tertiary/aromatic N) is 2. The van der Waals surface area contributed by atoms with E-state index in [0.29, 0.717) is 18.2 Å². The Hall–Kier alpha value is -1.00. The molecule has 114 valence electrons. The molecule has 0 unspecified atom stereocenters. The highest BCUT2D eigenvalue weighted by molar-refractivity contribution is 5.18. The number of halogens is 2. The smallest absolute Gasteiger partial charge is 0.130 e. The van der Waals surface area contributed by atoms with Gasteiger partial charge in [0.15, 0.2) is 0 Å². The van der Waals surface area contributed by atoms with Gasteiger partial charge < -0.3 is 0 Å². The zero-order valence-electron chi connectivity index (χ0n) is 13.0. The Morgan fingerprint density at radius 3 is 2.15 bits per heavy atom. The Morgan fingerprint density at radius 2 is 1.65 bits per heavy atom. The van der Waals surface area contributed by atoms with Crippen LogP contribution in [0.5, 0.6) is 0 Å². The van der Waals surface area contributed by atoms with E-state index in [2.05, 4.69) is 23.6 Å². The molecule has 1 aromatic carbocycles. The van der Waals surface area contributed by atoms with E-state index < -0.39 is 11.6 Å². The first-order chi connectivity index (χ1) is 9.56. The molecule has 4 heteroatoms. The van der Waals surface area contributed by atoms with Gasteiger partial charge in [0.1, 0.15) is 11.6 Å². The van der Waals surface area contributed by atoms with E-state index in [1.54, 1.807) is 6.07 Å². The maximum Gasteiger partial charge on any atom is 0.130 e. The average molecular weight is 284 g/mol. The average Bonchev–Trinajstić information content (AvgIpc) is 2.45. The molecule has 20 heavy (non-hydrogen) atoms. The second-order valence-corrected chi connectivity index (χ2v) is 5.14. The molecule has 1 saturated heterocycles. The molecular formula is C16H26F2N2. The lowest BCUT2D eigenvalue weighted by atomic mass is 10.1. The predicted octanol–water partition coefficient (Wildman–Crippen LogP) is 3.52. The highest BCUT2D eigenvalue weighted by Crippen LogP contribution is 2.14. The van der Waals surface area contributed by atoms with Gasteiger partial charge in [0.05, 0.1) is 0 Å². The van der Waals surface area contributed by atoms with Gasteiger partial charge in [-0.2, -0.15) is 0 Å². The van der Waals surface area contributed by atoms with Crippen LogP contribution in [-0.4, -0.2) is 42.0 Å². The molecule has 1 aromatic rings. The van der Waals surface area contributed by atoms with E-state index >= 15 is 0 Å². The molecular weight excluding hydrogens is 258 g/mol. The summed E-state index contributed by atoms with van der Waals surface area (Å²) in [5.74, 6) is -0.956. The Balaban J connectivity index is 0.000000956. The molecule has 1 aliphatic rings. The summed E-state index contributed by atoms with van der Waals surface area (Å²) in [4.78, 5) is 4.63. The Morgan fingerprint density at radius 1 is 1.05 bits per heavy atom. The zero-order chi connectivity index (χ0) is 15.1. The summed E-state index contributed by atoms with van der Waals surface area (Å²) in [6, 6.07) is 4.39. The SMILES string of the molecule is CC.CC(C)N1CCN(Cc2ccc(F)cc2F)CC1. The molecule has 0 saturated carbocycles. The van der Waals surface area contributed by atoms with Crippen molar-refractivity contribution in [3.05, 3.63) is 35.4 Å². The van der Waals surface area contributed by atoms with Gasteiger partial charge in [0.25, 0.3) is 0 Å². The number of hydrogen-bond acceptors (Lipinski definition) is 2. The summed E-state index contributed by atoms with van der Waals surface area (Å²) >= 11 is 0. The van der Waals surface area contributed by atoms with Crippen molar-refractivity contribution >= 4 is 0 Å². The fourth-order valence-electron chi connectivity index (χ4n) is 2.33. The normalized spacial score (nSPS) is 16.9. The van der Waals surface area contributed by atoms with Crippen molar-refractivity contribution < 1.29 is 8.78 Å². The molecule has 1 aliphatic heterocycles. The van der Waals surface area contributed by atoms with Crippen LogP contribution >= 0.6 is 0 Å². The summed E-state index contributed by atoms with van der Waals surface area (Å²) in [6.07, 6.45) is 0. The minimum absolute atomic E-state index is 0.443. The van der Waals surface area contributed by atoms with Crippen molar-refractivity contribution in [3.8, 4) is 0 Å². The van der Waals surface area contributed by atoms with Crippen LogP contribution in [0.1, 0.15) is 33.3 Å². The number of benzene rings is 1. The van der Waals surface area contributed by atoms with Crippen molar-refractivity contribution in [2.45, 2.75) is 40.3 Å². The summed E-state index contributed by atoms with van der Waals surface area (Å²) in [5, 5.41) is 0. The van der Waals surface area contributed by atoms with E-state index in [9.17, 15) is 8.78 Å². The van der Waals surface area contributed by atoms with Crippen molar-refractivity contribution in [2.24, 2.45) is 0 Å². The van der Waals surface area contributed by atoms with Gasteiger partial charge >= 0.3 is 0 Å². The summed E-state index contributed by atoms with van der Waals surface area (Å²) in [5.41, 5.74) is 0.578. The number of piperazine rings is 1. The molecule has 2 nitrogen and oxygen atoms in total. The van der Waals surface area contributed by atoms with Crippen LogP contribution in [0.2, 0.25) is 0 Å². The van der Waals surface area contributed by atoms with Gasteiger partial charge in [-0.05, 0) is 19.9 Å². The second kappa shape index (κ2) is 8.32. The van der Waals surface area contributed by atoms with E-state index in [4.69, 9.17) is 0 Å². The predicted molar refractivity (Wildman–Crippen MR) is 79.7 cm³/mol. The summed E-state index contributed by atoms with van der Waals surface area (Å²) in [6.45, 7) is 12.9. The van der Waals surface area contributed by atoms with E-state index in [-0.39, 0.29) is 0 Å². The van der Waals surface area contributed by atoms with E-state index in [1.807, 2.05) is 13.8 Å². The fourth-order valence-corrected chi connectivity index (χ4v) is 2.33. The van der Waals surface area contributed by atoms with Crippen molar-refractivity contribution in [3.63, 3.8) is 0 Å². The van der Waals surface area contributed by atoms with Crippen LogP contribution < -0.4 is 0 Å². The zero-order valence-corrected chi connectivity index (χ0v) is 13.0. The fraction of sp³-hybridized carbons (Fsp3) is 0.625. The molecule has 2 rings (SSSR count). The largest absolute Gasteiger partial charge is 0.298 e. The van der Waals surface area contributed by atoms with Gasteiger partial charge in [0.2, 0.25) is 0 Å². The monoisotopic (exact) mass is 284 g/mol. The molecule has 0 aliphatic carbocycles.